The molecule has 0 saturated carbocycles. The first-order valence-electron chi connectivity index (χ1n) is 3.21. The first kappa shape index (κ1) is 9.24. The first-order valence-corrected chi connectivity index (χ1v) is 3.21. The maximum absolute atomic E-state index is 5.05. The molecule has 0 rings (SSSR count). The van der Waals surface area contributed by atoms with Crippen molar-refractivity contribution in [2.45, 2.75) is 0 Å². The summed E-state index contributed by atoms with van der Waals surface area (Å²) in [6.07, 6.45) is 3.59. The van der Waals surface area contributed by atoms with Crippen molar-refractivity contribution in [2.75, 3.05) is 27.7 Å². The number of likely N-dealkylation sites (N-methyl/N-ethyl adjacent to an activating group) is 1. The van der Waals surface area contributed by atoms with Crippen molar-refractivity contribution in [1.82, 2.24) is 4.90 Å². The largest absolute Gasteiger partial charge is 0.500 e. The van der Waals surface area contributed by atoms with Crippen molar-refractivity contribution in [1.29, 1.82) is 0 Å². The Hall–Kier alpha value is -0.760. The van der Waals surface area contributed by atoms with Gasteiger partial charge in [0.2, 0.25) is 0 Å². The van der Waals surface area contributed by atoms with Gasteiger partial charge in [-0.2, -0.15) is 0 Å². The summed E-state index contributed by atoms with van der Waals surface area (Å²) < 4.78 is 5.05. The van der Waals surface area contributed by atoms with Crippen molar-refractivity contribution >= 4 is 0 Å². The monoisotopic (exact) mass is 141 g/mol. The van der Waals surface area contributed by atoms with E-state index in [9.17, 15) is 0 Å². The van der Waals surface area contributed by atoms with E-state index in [0.29, 0.717) is 0 Å². The minimum atomic E-state index is 0.822. The molecular formula is C8H15NO. The SMILES string of the molecule is C=C/C=C(\CN(C)C)OC. The van der Waals surface area contributed by atoms with Crippen LogP contribution in [-0.2, 0) is 4.74 Å². The lowest BCUT2D eigenvalue weighted by atomic mass is 10.4. The van der Waals surface area contributed by atoms with Crippen LogP contribution in [0.15, 0.2) is 24.5 Å². The fraction of sp³-hybridized carbons (Fsp3) is 0.500. The topological polar surface area (TPSA) is 12.5 Å². The normalized spacial score (nSPS) is 11.8. The second-order valence-electron chi connectivity index (χ2n) is 2.31. The van der Waals surface area contributed by atoms with E-state index in [1.165, 1.54) is 0 Å². The molecule has 58 valence electrons. The van der Waals surface area contributed by atoms with Gasteiger partial charge >= 0.3 is 0 Å². The number of rotatable bonds is 4. The standard InChI is InChI=1S/C8H15NO/c1-5-6-8(10-4)7-9(2)3/h5-6H,1,7H2,2-4H3/b8-6+. The molecule has 0 aromatic carbocycles. The predicted octanol–water partition coefficient (Wildman–Crippen LogP) is 1.26. The summed E-state index contributed by atoms with van der Waals surface area (Å²) in [6.45, 7) is 4.40. The predicted molar refractivity (Wildman–Crippen MR) is 43.8 cm³/mol. The lowest BCUT2D eigenvalue weighted by Gasteiger charge is -2.11. The van der Waals surface area contributed by atoms with E-state index in [1.807, 2.05) is 25.1 Å². The summed E-state index contributed by atoms with van der Waals surface area (Å²) in [7, 11) is 5.66. The van der Waals surface area contributed by atoms with E-state index in [-0.39, 0.29) is 0 Å². The molecule has 0 aliphatic heterocycles. The van der Waals surface area contributed by atoms with Crippen LogP contribution in [0.2, 0.25) is 0 Å². The maximum atomic E-state index is 5.05. The summed E-state index contributed by atoms with van der Waals surface area (Å²) in [4.78, 5) is 2.04. The van der Waals surface area contributed by atoms with E-state index in [0.717, 1.165) is 12.3 Å². The molecule has 0 heterocycles. The average molecular weight is 141 g/mol. The molecule has 0 atom stereocenters. The van der Waals surface area contributed by atoms with E-state index < -0.39 is 0 Å². The minimum absolute atomic E-state index is 0.822. The third-order valence-corrected chi connectivity index (χ3v) is 1.04. The fourth-order valence-electron chi connectivity index (χ4n) is 0.628. The zero-order chi connectivity index (χ0) is 7.98. The van der Waals surface area contributed by atoms with Gasteiger partial charge in [-0.15, -0.1) is 0 Å². The van der Waals surface area contributed by atoms with Gasteiger partial charge in [0.25, 0.3) is 0 Å². The molecule has 0 aliphatic rings. The highest BCUT2D eigenvalue weighted by Gasteiger charge is 1.94. The van der Waals surface area contributed by atoms with Crippen molar-refractivity contribution in [3.63, 3.8) is 0 Å². The molecule has 2 nitrogen and oxygen atoms in total. The van der Waals surface area contributed by atoms with Crippen LogP contribution in [-0.4, -0.2) is 32.6 Å². The number of nitrogens with zero attached hydrogens (tertiary/aromatic N) is 1. The first-order chi connectivity index (χ1) is 4.70. The summed E-state index contributed by atoms with van der Waals surface area (Å²) in [5, 5.41) is 0. The van der Waals surface area contributed by atoms with E-state index in [4.69, 9.17) is 4.74 Å². The molecule has 0 amide bonds. The zero-order valence-electron chi connectivity index (χ0n) is 6.92. The Balaban J connectivity index is 3.82. The van der Waals surface area contributed by atoms with Crippen LogP contribution >= 0.6 is 0 Å². The van der Waals surface area contributed by atoms with Crippen molar-refractivity contribution in [2.24, 2.45) is 0 Å². The molecule has 0 aromatic rings. The minimum Gasteiger partial charge on any atom is -0.500 e. The lowest BCUT2D eigenvalue weighted by Crippen LogP contribution is -2.15. The molecule has 0 unspecified atom stereocenters. The van der Waals surface area contributed by atoms with Crippen LogP contribution in [0, 0.1) is 0 Å². The van der Waals surface area contributed by atoms with Gasteiger partial charge in [0.15, 0.2) is 0 Å². The Labute approximate surface area is 62.8 Å². The van der Waals surface area contributed by atoms with Gasteiger partial charge in [-0.3, -0.25) is 0 Å². The number of methoxy groups -OCH3 is 1. The summed E-state index contributed by atoms with van der Waals surface area (Å²) in [6, 6.07) is 0. The Morgan fingerprint density at radius 1 is 1.60 bits per heavy atom. The quantitative estimate of drug-likeness (QED) is 0.432. The van der Waals surface area contributed by atoms with E-state index in [1.54, 1.807) is 13.2 Å². The second-order valence-corrected chi connectivity index (χ2v) is 2.31. The van der Waals surface area contributed by atoms with Crippen molar-refractivity contribution in [3.8, 4) is 0 Å². The van der Waals surface area contributed by atoms with Crippen molar-refractivity contribution < 1.29 is 4.74 Å². The van der Waals surface area contributed by atoms with E-state index >= 15 is 0 Å². The number of hydrogen-bond donors (Lipinski definition) is 0. The Morgan fingerprint density at radius 3 is 2.50 bits per heavy atom. The third kappa shape index (κ3) is 4.15. The van der Waals surface area contributed by atoms with Crippen LogP contribution in [0.1, 0.15) is 0 Å². The van der Waals surface area contributed by atoms with Gasteiger partial charge in [0.05, 0.1) is 13.7 Å². The van der Waals surface area contributed by atoms with Gasteiger partial charge in [0.1, 0.15) is 5.76 Å². The summed E-state index contributed by atoms with van der Waals surface area (Å²) >= 11 is 0. The van der Waals surface area contributed by atoms with Gasteiger partial charge in [-0.25, -0.2) is 0 Å². The van der Waals surface area contributed by atoms with Crippen LogP contribution in [0.5, 0.6) is 0 Å². The highest BCUT2D eigenvalue weighted by atomic mass is 16.5. The molecule has 0 N–H and O–H groups in total. The highest BCUT2D eigenvalue weighted by Crippen LogP contribution is 1.95. The lowest BCUT2D eigenvalue weighted by molar-refractivity contribution is 0.249. The van der Waals surface area contributed by atoms with E-state index in [2.05, 4.69) is 6.58 Å². The Bertz CT molecular complexity index is 127. The second kappa shape index (κ2) is 5.06. The van der Waals surface area contributed by atoms with Crippen LogP contribution in [0.4, 0.5) is 0 Å². The summed E-state index contributed by atoms with van der Waals surface area (Å²) in [5.41, 5.74) is 0. The molecule has 0 radical (unpaired) electrons. The van der Waals surface area contributed by atoms with Crippen LogP contribution < -0.4 is 0 Å². The molecule has 10 heavy (non-hydrogen) atoms. The fourth-order valence-corrected chi connectivity index (χ4v) is 0.628. The third-order valence-electron chi connectivity index (χ3n) is 1.04. The molecule has 2 heteroatoms. The van der Waals surface area contributed by atoms with Gasteiger partial charge in [-0.1, -0.05) is 12.7 Å². The molecule has 0 bridgehead atoms. The molecule has 0 aliphatic carbocycles. The zero-order valence-corrected chi connectivity index (χ0v) is 6.92. The number of ether oxygens (including phenoxy) is 1. The summed E-state index contributed by atoms with van der Waals surface area (Å²) in [5.74, 6) is 0.931. The molecule has 0 saturated heterocycles. The van der Waals surface area contributed by atoms with Gasteiger partial charge in [0, 0.05) is 0 Å². The molecule has 0 fully saturated rings. The molecular weight excluding hydrogens is 126 g/mol. The maximum Gasteiger partial charge on any atom is 0.109 e. The number of allylic oxidation sites excluding steroid dienone is 2. The number of hydrogen-bond acceptors (Lipinski definition) is 2. The van der Waals surface area contributed by atoms with Gasteiger partial charge in [-0.05, 0) is 20.2 Å². The van der Waals surface area contributed by atoms with Crippen LogP contribution in [0.3, 0.4) is 0 Å². The van der Waals surface area contributed by atoms with Gasteiger partial charge < -0.3 is 9.64 Å². The molecule has 0 aromatic heterocycles. The smallest absolute Gasteiger partial charge is 0.109 e. The Kier molecular flexibility index (Phi) is 4.67. The highest BCUT2D eigenvalue weighted by molar-refractivity contribution is 5.05. The Morgan fingerprint density at radius 2 is 2.20 bits per heavy atom. The molecule has 0 spiro atoms. The van der Waals surface area contributed by atoms with Crippen molar-refractivity contribution in [3.05, 3.63) is 24.5 Å². The van der Waals surface area contributed by atoms with Crippen LogP contribution in [0.25, 0.3) is 0 Å². The average Bonchev–Trinajstić information content (AvgIpc) is 1.86.